The average molecular weight is 616 g/mol. The molecule has 236 valence electrons. The summed E-state index contributed by atoms with van der Waals surface area (Å²) in [5, 5.41) is 16.8. The number of aromatic carboxylic acids is 1. The molecule has 6 rings (SSSR count). The van der Waals surface area contributed by atoms with Crippen LogP contribution in [0.15, 0.2) is 53.1 Å². The van der Waals surface area contributed by atoms with Crippen LogP contribution < -0.4 is 10.1 Å². The highest BCUT2D eigenvalue weighted by Crippen LogP contribution is 2.41. The van der Waals surface area contributed by atoms with Crippen molar-refractivity contribution in [3.63, 3.8) is 0 Å². The lowest BCUT2D eigenvalue weighted by atomic mass is 9.86. The molecule has 3 heterocycles. The molecule has 0 unspecified atom stereocenters. The molecule has 0 bridgehead atoms. The van der Waals surface area contributed by atoms with Gasteiger partial charge in [0.15, 0.2) is 0 Å². The van der Waals surface area contributed by atoms with Gasteiger partial charge in [0.05, 0.1) is 29.6 Å². The number of piperidine rings is 1. The summed E-state index contributed by atoms with van der Waals surface area (Å²) in [7, 11) is 0. The molecule has 1 aromatic heterocycles. The monoisotopic (exact) mass is 615 g/mol. The highest BCUT2D eigenvalue weighted by molar-refractivity contribution is 5.92. The van der Waals surface area contributed by atoms with Crippen LogP contribution in [0, 0.1) is 12.8 Å². The lowest BCUT2D eigenvalue weighted by Crippen LogP contribution is -2.42. The fourth-order valence-electron chi connectivity index (χ4n) is 6.31. The van der Waals surface area contributed by atoms with Gasteiger partial charge < -0.3 is 29.3 Å². The zero-order valence-corrected chi connectivity index (χ0v) is 25.4. The molecule has 4 atom stereocenters. The van der Waals surface area contributed by atoms with Gasteiger partial charge in [-0.3, -0.25) is 14.4 Å². The number of likely N-dealkylation sites (tertiary alicyclic amines) is 1. The van der Waals surface area contributed by atoms with E-state index in [4.69, 9.17) is 14.0 Å². The minimum atomic E-state index is -1.06. The minimum absolute atomic E-state index is 0.0670. The van der Waals surface area contributed by atoms with E-state index in [-0.39, 0.29) is 42.1 Å². The number of nitrogens with zero attached hydrogens (tertiary/aromatic N) is 2. The number of carbonyl (C=O) groups is 4. The molecule has 1 aliphatic carbocycles. The normalized spacial score (nSPS) is 21.1. The van der Waals surface area contributed by atoms with Gasteiger partial charge in [-0.2, -0.15) is 0 Å². The smallest absolute Gasteiger partial charge is 0.335 e. The first-order valence-electron chi connectivity index (χ1n) is 15.5. The van der Waals surface area contributed by atoms with Crippen molar-refractivity contribution in [2.24, 2.45) is 5.92 Å². The Morgan fingerprint density at radius 1 is 1.07 bits per heavy atom. The van der Waals surface area contributed by atoms with Gasteiger partial charge in [-0.25, -0.2) is 4.79 Å². The van der Waals surface area contributed by atoms with Gasteiger partial charge in [0.25, 0.3) is 5.91 Å². The lowest BCUT2D eigenvalue weighted by Gasteiger charge is -2.35. The van der Waals surface area contributed by atoms with Crippen molar-refractivity contribution in [1.29, 1.82) is 0 Å². The number of hydrogen-bond donors (Lipinski definition) is 2. The molecule has 45 heavy (non-hydrogen) atoms. The molecule has 2 aliphatic heterocycles. The summed E-state index contributed by atoms with van der Waals surface area (Å²) in [6.45, 7) is 4.54. The van der Waals surface area contributed by atoms with Gasteiger partial charge in [0.2, 0.25) is 11.7 Å². The molecule has 11 nitrogen and oxygen atoms in total. The van der Waals surface area contributed by atoms with Crippen LogP contribution in [0.5, 0.6) is 5.75 Å². The zero-order valence-electron chi connectivity index (χ0n) is 25.4. The molecule has 2 amide bonds. The number of carboxylic acids is 1. The summed E-state index contributed by atoms with van der Waals surface area (Å²) >= 11 is 0. The first kappa shape index (κ1) is 30.4. The highest BCUT2D eigenvalue weighted by atomic mass is 16.5. The summed E-state index contributed by atoms with van der Waals surface area (Å²) < 4.78 is 16.7. The number of carboxylic acid groups (broad SMARTS) is 1. The van der Waals surface area contributed by atoms with E-state index >= 15 is 0 Å². The van der Waals surface area contributed by atoms with E-state index in [0.717, 1.165) is 5.56 Å². The number of esters is 1. The van der Waals surface area contributed by atoms with Crippen molar-refractivity contribution < 1.29 is 38.3 Å². The third kappa shape index (κ3) is 6.87. The first-order valence-corrected chi connectivity index (χ1v) is 15.5. The molecule has 11 heteroatoms. The van der Waals surface area contributed by atoms with Gasteiger partial charge >= 0.3 is 11.9 Å². The number of amides is 2. The first-order chi connectivity index (χ1) is 21.7. The molecule has 0 spiro atoms. The number of nitrogens with one attached hydrogen (secondary N) is 1. The number of benzene rings is 2. The van der Waals surface area contributed by atoms with Gasteiger partial charge in [0, 0.05) is 25.1 Å². The van der Waals surface area contributed by atoms with Crippen LogP contribution in [-0.4, -0.2) is 64.7 Å². The van der Waals surface area contributed by atoms with Crippen LogP contribution in [0.1, 0.15) is 100 Å². The lowest BCUT2D eigenvalue weighted by molar-refractivity contribution is -0.138. The van der Waals surface area contributed by atoms with Crippen LogP contribution in [0.3, 0.4) is 0 Å². The number of ether oxygens (including phenoxy) is 2. The number of aromatic nitrogens is 1. The maximum Gasteiger partial charge on any atom is 0.335 e. The van der Waals surface area contributed by atoms with Crippen molar-refractivity contribution in [3.05, 3.63) is 82.2 Å². The van der Waals surface area contributed by atoms with E-state index in [1.165, 1.54) is 24.5 Å². The Balaban J connectivity index is 1.26. The Kier molecular flexibility index (Phi) is 8.60. The van der Waals surface area contributed by atoms with Crippen LogP contribution in [-0.2, 0) is 14.3 Å². The largest absolute Gasteiger partial charge is 0.484 e. The van der Waals surface area contributed by atoms with E-state index in [2.05, 4.69) is 22.6 Å². The van der Waals surface area contributed by atoms with Crippen molar-refractivity contribution in [1.82, 2.24) is 15.4 Å². The number of cyclic esters (lactones) is 1. The van der Waals surface area contributed by atoms with Crippen LogP contribution in [0.25, 0.3) is 0 Å². The van der Waals surface area contributed by atoms with Crippen LogP contribution in [0.2, 0.25) is 0 Å². The SMILES string of the molecule is Cc1cc(C(=O)N[C@@H](C)[C@H](Oc2ccc(C(=O)O)c([C@@H]3CCCN(C(=O)[C@H]4COC(=O)C4)C3)c2)c2ccc(C3CC3)cc2)on1. The van der Waals surface area contributed by atoms with E-state index in [0.29, 0.717) is 48.9 Å². The summed E-state index contributed by atoms with van der Waals surface area (Å²) in [5.41, 5.74) is 3.44. The summed E-state index contributed by atoms with van der Waals surface area (Å²) in [6, 6.07) is 14.2. The van der Waals surface area contributed by atoms with E-state index < -0.39 is 29.9 Å². The third-order valence-corrected chi connectivity index (χ3v) is 8.88. The molecule has 2 N–H and O–H groups in total. The number of hydrogen-bond acceptors (Lipinski definition) is 8. The Labute approximate surface area is 260 Å². The number of carbonyl (C=O) groups excluding carboxylic acids is 3. The second-order valence-corrected chi connectivity index (χ2v) is 12.3. The minimum Gasteiger partial charge on any atom is -0.484 e. The fraction of sp³-hybridized carbons (Fsp3) is 0.441. The Bertz CT molecular complexity index is 1590. The van der Waals surface area contributed by atoms with E-state index in [1.807, 2.05) is 19.1 Å². The number of aryl methyl sites for hydroxylation is 1. The molecule has 3 aliphatic rings. The Morgan fingerprint density at radius 3 is 2.49 bits per heavy atom. The van der Waals surface area contributed by atoms with Gasteiger partial charge in [-0.15, -0.1) is 0 Å². The Morgan fingerprint density at radius 2 is 1.84 bits per heavy atom. The average Bonchev–Trinajstić information content (AvgIpc) is 3.65. The van der Waals surface area contributed by atoms with E-state index in [9.17, 15) is 24.3 Å². The standard InChI is InChI=1S/C34H37N3O8/c1-19-14-29(45-36-19)32(39)35-20(2)31(23-9-7-22(8-10-23)21-5-6-21)44-26-11-12-27(34(41)42)28(16-26)24-4-3-13-37(17-24)33(40)25-15-30(38)43-18-25/h7-12,14,16,20-21,24-25,31H,3-6,13,15,17-18H2,1-2H3,(H,35,39)(H,41,42)/t20-,24+,25+,31-/m0/s1. The summed E-state index contributed by atoms with van der Waals surface area (Å²) in [6.07, 6.45) is 3.21. The topological polar surface area (TPSA) is 148 Å². The van der Waals surface area contributed by atoms with E-state index in [1.54, 1.807) is 30.0 Å². The molecule has 2 aromatic carbocycles. The number of rotatable bonds is 10. The highest BCUT2D eigenvalue weighted by Gasteiger charge is 2.36. The second-order valence-electron chi connectivity index (χ2n) is 12.3. The Hall–Kier alpha value is -4.67. The molecule has 0 radical (unpaired) electrons. The van der Waals surface area contributed by atoms with Crippen molar-refractivity contribution in [2.45, 2.75) is 69.9 Å². The quantitative estimate of drug-likeness (QED) is 0.308. The molecule has 1 saturated carbocycles. The fourth-order valence-corrected chi connectivity index (χ4v) is 6.31. The molecule has 3 aromatic rings. The predicted molar refractivity (Wildman–Crippen MR) is 161 cm³/mol. The van der Waals surface area contributed by atoms with Crippen molar-refractivity contribution in [2.75, 3.05) is 19.7 Å². The molecule has 2 saturated heterocycles. The van der Waals surface area contributed by atoms with Gasteiger partial charge in [-0.1, -0.05) is 29.4 Å². The zero-order chi connectivity index (χ0) is 31.7. The van der Waals surface area contributed by atoms with Crippen molar-refractivity contribution in [3.8, 4) is 5.75 Å². The predicted octanol–water partition coefficient (Wildman–Crippen LogP) is 4.77. The van der Waals surface area contributed by atoms with Gasteiger partial charge in [-0.05, 0) is 80.3 Å². The molecular weight excluding hydrogens is 578 g/mol. The third-order valence-electron chi connectivity index (χ3n) is 8.88. The van der Waals surface area contributed by atoms with Gasteiger partial charge in [0.1, 0.15) is 18.5 Å². The van der Waals surface area contributed by atoms with Crippen molar-refractivity contribution >= 4 is 23.8 Å². The summed E-state index contributed by atoms with van der Waals surface area (Å²) in [4.78, 5) is 51.7. The molecule has 3 fully saturated rings. The second kappa shape index (κ2) is 12.7. The maximum atomic E-state index is 13.2. The molecular formula is C34H37N3O8. The summed E-state index contributed by atoms with van der Waals surface area (Å²) in [5.74, 6) is -1.62. The van der Waals surface area contributed by atoms with Crippen LogP contribution in [0.4, 0.5) is 0 Å². The van der Waals surface area contributed by atoms with Crippen LogP contribution >= 0.6 is 0 Å². The maximum absolute atomic E-state index is 13.2.